The zero-order valence-corrected chi connectivity index (χ0v) is 30.8. The molecule has 0 spiro atoms. The quantitative estimate of drug-likeness (QED) is 0.156. The molecule has 0 radical (unpaired) electrons. The van der Waals surface area contributed by atoms with Crippen LogP contribution in [0.5, 0.6) is 11.6 Å². The van der Waals surface area contributed by atoms with Crippen molar-refractivity contribution < 1.29 is 38.2 Å². The molecule has 4 aliphatic rings. The van der Waals surface area contributed by atoms with Crippen LogP contribution in [0.2, 0.25) is 0 Å². The maximum absolute atomic E-state index is 16.7. The molecule has 3 N–H and O–H groups in total. The summed E-state index contributed by atoms with van der Waals surface area (Å²) in [6.45, 7) is 13.2. The van der Waals surface area contributed by atoms with Crippen molar-refractivity contribution in [3.8, 4) is 11.6 Å². The summed E-state index contributed by atoms with van der Waals surface area (Å²) in [6, 6.07) is -0.620. The Morgan fingerprint density at radius 1 is 1.08 bits per heavy atom. The molecule has 2 heterocycles. The molecule has 1 aromatic carbocycles. The van der Waals surface area contributed by atoms with E-state index in [4.69, 9.17) is 14.0 Å². The zero-order valence-electron chi connectivity index (χ0n) is 29.2. The van der Waals surface area contributed by atoms with Crippen molar-refractivity contribution in [1.29, 1.82) is 0 Å². The number of nitrogens with one attached hydrogen (secondary N) is 1. The highest BCUT2D eigenvalue weighted by Crippen LogP contribution is 2.57. The lowest BCUT2D eigenvalue weighted by Crippen LogP contribution is -2.63. The van der Waals surface area contributed by atoms with Crippen molar-refractivity contribution in [3.05, 3.63) is 43.9 Å². The minimum Gasteiger partial charge on any atom is -0.507 e. The number of ketones is 2. The van der Waals surface area contributed by atoms with E-state index in [0.29, 0.717) is 48.6 Å². The van der Waals surface area contributed by atoms with Gasteiger partial charge in [0.25, 0.3) is 5.88 Å². The number of ether oxygens (including phenoxy) is 2. The first kappa shape index (κ1) is 36.0. The second-order valence-electron chi connectivity index (χ2n) is 15.2. The van der Waals surface area contributed by atoms with Crippen LogP contribution in [0.4, 0.5) is 4.39 Å². The summed E-state index contributed by atoms with van der Waals surface area (Å²) in [7, 11) is 0. The van der Waals surface area contributed by atoms with Gasteiger partial charge in [-0.05, 0) is 84.0 Å². The van der Waals surface area contributed by atoms with Gasteiger partial charge in [0.15, 0.2) is 11.4 Å². The van der Waals surface area contributed by atoms with E-state index < -0.39 is 46.6 Å². The molecule has 1 saturated heterocycles. The fourth-order valence-electron chi connectivity index (χ4n) is 7.96. The lowest BCUT2D eigenvalue weighted by Gasteiger charge is -2.49. The highest BCUT2D eigenvalue weighted by Gasteiger charge is 2.66. The number of nitrogens with zero attached hydrogens (tertiary/aromatic N) is 2. The third-order valence-corrected chi connectivity index (χ3v) is 11.3. The monoisotopic (exact) mass is 745 g/mol. The molecule has 1 saturated carbocycles. The lowest BCUT2D eigenvalue weighted by atomic mass is 9.57. The van der Waals surface area contributed by atoms with Crippen LogP contribution in [0, 0.1) is 23.1 Å². The lowest BCUT2D eigenvalue weighted by molar-refractivity contribution is -0.143. The summed E-state index contributed by atoms with van der Waals surface area (Å²) in [4.78, 5) is 31.2. The second-order valence-corrected chi connectivity index (χ2v) is 16.0. The maximum Gasteiger partial charge on any atom is 0.265 e. The molecule has 2 aromatic rings. The summed E-state index contributed by atoms with van der Waals surface area (Å²) >= 11 is 3.58. The minimum atomic E-state index is -2.50. The van der Waals surface area contributed by atoms with Crippen LogP contribution in [-0.4, -0.2) is 70.3 Å². The van der Waals surface area contributed by atoms with Crippen LogP contribution in [0.15, 0.2) is 14.6 Å². The number of hydrogen-bond acceptors (Lipinski definition) is 10. The van der Waals surface area contributed by atoms with Gasteiger partial charge in [0, 0.05) is 35.7 Å². The van der Waals surface area contributed by atoms with Gasteiger partial charge in [0.1, 0.15) is 22.9 Å². The fraction of sp³-hybridized carbons (Fsp3) is 0.649. The number of aromatic nitrogens is 1. The maximum atomic E-state index is 16.7. The van der Waals surface area contributed by atoms with E-state index >= 15 is 4.39 Å². The number of rotatable bonds is 12. The first-order chi connectivity index (χ1) is 23.3. The number of fused-ring (bicyclic) bond motifs is 4. The number of benzene rings is 1. The Hall–Kier alpha value is -2.80. The fourth-order valence-corrected chi connectivity index (χ4v) is 8.59. The molecule has 268 valence electrons. The molecule has 0 bridgehead atoms. The average molecular weight is 747 g/mol. The minimum absolute atomic E-state index is 0.0142. The molecule has 4 atom stereocenters. The largest absolute Gasteiger partial charge is 0.507 e. The number of aliphatic hydroxyl groups excluding tert-OH is 1. The van der Waals surface area contributed by atoms with Gasteiger partial charge in [-0.3, -0.25) is 14.5 Å². The van der Waals surface area contributed by atoms with Crippen molar-refractivity contribution in [2.45, 2.75) is 104 Å². The van der Waals surface area contributed by atoms with E-state index in [1.165, 1.54) is 0 Å². The Morgan fingerprint density at radius 2 is 1.76 bits per heavy atom. The highest BCUT2D eigenvalue weighted by molar-refractivity contribution is 9.10. The Balaban J connectivity index is 1.47. The van der Waals surface area contributed by atoms with Crippen LogP contribution >= 0.6 is 15.9 Å². The molecule has 0 unspecified atom stereocenters. The number of hydrogen-bond donors (Lipinski definition) is 3. The molecule has 10 nitrogen and oxygen atoms in total. The van der Waals surface area contributed by atoms with Gasteiger partial charge in [-0.15, -0.1) is 0 Å². The van der Waals surface area contributed by atoms with Crippen molar-refractivity contribution in [3.63, 3.8) is 0 Å². The Labute approximate surface area is 295 Å². The Kier molecular flexibility index (Phi) is 10.3. The number of carbonyl (C=O) groups excluding carboxylic acids is 2. The standard InChI is InChI=1S/C37H49BrFN3O7/c1-6-8-14-47-31-25-21(28(39)22(27(31)38)18-40-19-36(3,4)5)16-20-17-23-29(42-12-10-11-13-42)32-26(35(41-49-32)48-15-9-7-2)34(45)37(23,46)33(44)24(20)30(25)43/h20,23,29,40,43,46H,6-19H2,1-5H3/t20-,23-,29-,37-/m0/s1. The molecular formula is C37H49BrFN3O7. The SMILES string of the molecule is CCCCOc1noc2c1C(=O)[C@@]1(O)C(=O)C3=C(O)c4c(c(F)c(CNCC(C)(C)C)c(Br)c4OCCCC)C[C@H]3C[C@H]1[C@@H]2N1CCCC1. The molecular weight excluding hydrogens is 697 g/mol. The summed E-state index contributed by atoms with van der Waals surface area (Å²) in [6.07, 6.45) is 5.26. The van der Waals surface area contributed by atoms with Gasteiger partial charge in [-0.1, -0.05) is 47.5 Å². The Morgan fingerprint density at radius 3 is 2.41 bits per heavy atom. The van der Waals surface area contributed by atoms with Crippen molar-refractivity contribution in [2.24, 2.45) is 17.3 Å². The first-order valence-electron chi connectivity index (χ1n) is 17.8. The number of Topliss-reactive ketones (excluding diaryl/α,β-unsaturated/α-hetero) is 2. The van der Waals surface area contributed by atoms with Gasteiger partial charge in [-0.2, -0.15) is 0 Å². The predicted molar refractivity (Wildman–Crippen MR) is 185 cm³/mol. The summed E-state index contributed by atoms with van der Waals surface area (Å²) < 4.78 is 34.9. The molecule has 0 amide bonds. The molecule has 6 rings (SSSR count). The summed E-state index contributed by atoms with van der Waals surface area (Å²) in [5.74, 6) is -3.68. The van der Waals surface area contributed by atoms with E-state index in [2.05, 4.69) is 52.1 Å². The number of unbranched alkanes of at least 4 members (excludes halogenated alkanes) is 2. The number of aliphatic hydroxyl groups is 2. The number of halogens is 2. The van der Waals surface area contributed by atoms with Crippen molar-refractivity contribution >= 4 is 33.3 Å². The first-order valence-corrected chi connectivity index (χ1v) is 18.6. The van der Waals surface area contributed by atoms with Crippen LogP contribution in [0.3, 0.4) is 0 Å². The van der Waals surface area contributed by atoms with Gasteiger partial charge in [0.2, 0.25) is 11.6 Å². The van der Waals surface area contributed by atoms with Crippen molar-refractivity contribution in [1.82, 2.24) is 15.4 Å². The van der Waals surface area contributed by atoms with Gasteiger partial charge in [0.05, 0.1) is 29.3 Å². The van der Waals surface area contributed by atoms with Gasteiger partial charge >= 0.3 is 0 Å². The summed E-state index contributed by atoms with van der Waals surface area (Å²) in [5.41, 5.74) is -1.87. The van der Waals surface area contributed by atoms with E-state index in [0.717, 1.165) is 38.5 Å². The third-order valence-electron chi connectivity index (χ3n) is 10.4. The van der Waals surface area contributed by atoms with Crippen LogP contribution in [0.25, 0.3) is 5.76 Å². The topological polar surface area (TPSA) is 134 Å². The van der Waals surface area contributed by atoms with Gasteiger partial charge in [-0.25, -0.2) is 4.39 Å². The zero-order chi connectivity index (χ0) is 35.2. The smallest absolute Gasteiger partial charge is 0.265 e. The molecule has 1 aliphatic heterocycles. The summed E-state index contributed by atoms with van der Waals surface area (Å²) in [5, 5.41) is 31.9. The van der Waals surface area contributed by atoms with Crippen LogP contribution in [-0.2, 0) is 17.8 Å². The number of carbonyl (C=O) groups is 2. The van der Waals surface area contributed by atoms with E-state index in [1.54, 1.807) is 0 Å². The van der Waals surface area contributed by atoms with E-state index in [9.17, 15) is 19.8 Å². The molecule has 12 heteroatoms. The third kappa shape index (κ3) is 6.25. The van der Waals surface area contributed by atoms with Gasteiger partial charge < -0.3 is 29.5 Å². The Bertz CT molecular complexity index is 1640. The van der Waals surface area contributed by atoms with Crippen LogP contribution in [0.1, 0.15) is 118 Å². The second kappa shape index (κ2) is 14.1. The number of likely N-dealkylation sites (tertiary alicyclic amines) is 1. The average Bonchev–Trinajstić information content (AvgIpc) is 3.73. The predicted octanol–water partition coefficient (Wildman–Crippen LogP) is 6.86. The molecule has 1 aromatic heterocycles. The normalized spacial score (nSPS) is 25.3. The van der Waals surface area contributed by atoms with Crippen LogP contribution < -0.4 is 14.8 Å². The molecule has 3 aliphatic carbocycles. The highest BCUT2D eigenvalue weighted by atomic mass is 79.9. The van der Waals surface area contributed by atoms with E-state index in [-0.39, 0.29) is 58.7 Å². The van der Waals surface area contributed by atoms with Crippen molar-refractivity contribution in [2.75, 3.05) is 32.8 Å². The molecule has 2 fully saturated rings. The van der Waals surface area contributed by atoms with E-state index in [1.807, 2.05) is 13.8 Å². The molecule has 49 heavy (non-hydrogen) atoms.